The molecule has 1 aliphatic heterocycles. The number of methoxy groups -OCH3 is 1. The van der Waals surface area contributed by atoms with E-state index in [1.807, 2.05) is 6.92 Å². The minimum atomic E-state index is -0.164. The van der Waals surface area contributed by atoms with Crippen LogP contribution in [0.1, 0.15) is 26.2 Å². The number of likely N-dealkylation sites (tertiary alicyclic amines) is 1. The van der Waals surface area contributed by atoms with Crippen LogP contribution in [0.25, 0.3) is 0 Å². The van der Waals surface area contributed by atoms with Crippen molar-refractivity contribution in [2.45, 2.75) is 32.2 Å². The van der Waals surface area contributed by atoms with Gasteiger partial charge in [-0.2, -0.15) is 0 Å². The average Bonchev–Trinajstić information content (AvgIpc) is 2.29. The summed E-state index contributed by atoms with van der Waals surface area (Å²) in [6.45, 7) is 4.13. The van der Waals surface area contributed by atoms with Crippen molar-refractivity contribution in [3.8, 4) is 0 Å². The van der Waals surface area contributed by atoms with Crippen molar-refractivity contribution in [1.29, 1.82) is 0 Å². The highest BCUT2D eigenvalue weighted by molar-refractivity contribution is 5.73. The van der Waals surface area contributed by atoms with E-state index in [1.165, 1.54) is 13.5 Å². The lowest BCUT2D eigenvalue weighted by Gasteiger charge is -2.35. The zero-order chi connectivity index (χ0) is 12.1. The fourth-order valence-corrected chi connectivity index (χ4v) is 2.60. The second-order valence-electron chi connectivity index (χ2n) is 4.78. The molecule has 0 spiro atoms. The molecular weight excluding hydrogens is 204 g/mol. The van der Waals surface area contributed by atoms with Crippen LogP contribution in [0.4, 0.5) is 0 Å². The molecule has 94 valence electrons. The molecule has 0 aromatic heterocycles. The Balaban J connectivity index is 2.59. The number of esters is 1. The van der Waals surface area contributed by atoms with Crippen molar-refractivity contribution in [1.82, 2.24) is 4.90 Å². The maximum Gasteiger partial charge on any atom is 0.310 e. The number of ether oxygens (including phenoxy) is 1. The molecule has 0 aromatic rings. The van der Waals surface area contributed by atoms with E-state index in [2.05, 4.69) is 11.9 Å². The summed E-state index contributed by atoms with van der Waals surface area (Å²) in [6.07, 6.45) is 3.06. The zero-order valence-electron chi connectivity index (χ0n) is 10.6. The van der Waals surface area contributed by atoms with Gasteiger partial charge in [0, 0.05) is 12.6 Å². The maximum atomic E-state index is 11.6. The first-order chi connectivity index (χ1) is 7.60. The fraction of sp³-hybridized carbons (Fsp3) is 0.917. The van der Waals surface area contributed by atoms with Crippen LogP contribution in [0, 0.1) is 11.8 Å². The lowest BCUT2D eigenvalue weighted by atomic mass is 9.82. The summed E-state index contributed by atoms with van der Waals surface area (Å²) < 4.78 is 4.81. The molecule has 1 fully saturated rings. The van der Waals surface area contributed by atoms with Crippen molar-refractivity contribution in [2.24, 2.45) is 17.6 Å². The van der Waals surface area contributed by atoms with E-state index < -0.39 is 0 Å². The number of rotatable bonds is 4. The first kappa shape index (κ1) is 13.5. The van der Waals surface area contributed by atoms with Crippen LogP contribution in [-0.2, 0) is 9.53 Å². The van der Waals surface area contributed by atoms with Crippen molar-refractivity contribution in [3.63, 3.8) is 0 Å². The minimum absolute atomic E-state index is 0.0693. The number of hydrogen-bond acceptors (Lipinski definition) is 4. The number of nitrogens with two attached hydrogens (primary N) is 1. The van der Waals surface area contributed by atoms with Crippen molar-refractivity contribution in [3.05, 3.63) is 0 Å². The highest BCUT2D eigenvalue weighted by atomic mass is 16.5. The number of piperidine rings is 1. The van der Waals surface area contributed by atoms with E-state index in [-0.39, 0.29) is 17.9 Å². The third-order valence-corrected chi connectivity index (χ3v) is 3.61. The van der Waals surface area contributed by atoms with Gasteiger partial charge in [-0.05, 0) is 38.8 Å². The molecule has 1 heterocycles. The molecule has 3 unspecified atom stereocenters. The third-order valence-electron chi connectivity index (χ3n) is 3.61. The number of carbonyl (C=O) groups is 1. The molecule has 1 saturated heterocycles. The Morgan fingerprint density at radius 1 is 1.62 bits per heavy atom. The van der Waals surface area contributed by atoms with E-state index in [4.69, 9.17) is 10.5 Å². The van der Waals surface area contributed by atoms with E-state index in [0.717, 1.165) is 25.9 Å². The highest BCUT2D eigenvalue weighted by Gasteiger charge is 2.32. The monoisotopic (exact) mass is 228 g/mol. The molecule has 0 aromatic carbocycles. The lowest BCUT2D eigenvalue weighted by Crippen LogP contribution is -2.47. The van der Waals surface area contributed by atoms with Gasteiger partial charge in [-0.15, -0.1) is 0 Å². The molecule has 1 aliphatic rings. The van der Waals surface area contributed by atoms with Gasteiger partial charge in [-0.1, -0.05) is 6.92 Å². The summed E-state index contributed by atoms with van der Waals surface area (Å²) in [7, 11) is 3.54. The Morgan fingerprint density at radius 2 is 2.31 bits per heavy atom. The van der Waals surface area contributed by atoms with Crippen molar-refractivity contribution < 1.29 is 9.53 Å². The largest absolute Gasteiger partial charge is 0.469 e. The topological polar surface area (TPSA) is 55.6 Å². The van der Waals surface area contributed by atoms with Gasteiger partial charge in [0.05, 0.1) is 13.0 Å². The standard InChI is InChI=1S/C12H24N2O2/c1-4-10(12(15)16-3)11(13)9-6-5-7-14(2)8-9/h9-11H,4-8,13H2,1-3H3. The van der Waals surface area contributed by atoms with E-state index >= 15 is 0 Å². The predicted molar refractivity (Wildman–Crippen MR) is 64.0 cm³/mol. The SMILES string of the molecule is CCC(C(=O)OC)C(N)C1CCCN(C)C1. The number of carbonyl (C=O) groups excluding carboxylic acids is 1. The lowest BCUT2D eigenvalue weighted by molar-refractivity contribution is -0.147. The summed E-state index contributed by atoms with van der Waals surface area (Å²) in [6, 6.07) is -0.0693. The Kier molecular flexibility index (Phi) is 5.22. The molecule has 0 aliphatic carbocycles. The van der Waals surface area contributed by atoms with Crippen LogP contribution in [0.5, 0.6) is 0 Å². The normalized spacial score (nSPS) is 26.1. The number of nitrogens with zero attached hydrogens (tertiary/aromatic N) is 1. The zero-order valence-corrected chi connectivity index (χ0v) is 10.6. The average molecular weight is 228 g/mol. The maximum absolute atomic E-state index is 11.6. The van der Waals surface area contributed by atoms with Crippen LogP contribution in [0.15, 0.2) is 0 Å². The third kappa shape index (κ3) is 3.19. The molecule has 2 N–H and O–H groups in total. The minimum Gasteiger partial charge on any atom is -0.469 e. The first-order valence-corrected chi connectivity index (χ1v) is 6.12. The Morgan fingerprint density at radius 3 is 2.81 bits per heavy atom. The van der Waals surface area contributed by atoms with Gasteiger partial charge < -0.3 is 15.4 Å². The molecule has 0 amide bonds. The summed E-state index contributed by atoms with van der Waals surface area (Å²) in [4.78, 5) is 13.9. The molecule has 4 nitrogen and oxygen atoms in total. The molecule has 0 radical (unpaired) electrons. The Labute approximate surface area is 98.1 Å². The summed E-state index contributed by atoms with van der Waals surface area (Å²) in [5, 5.41) is 0. The van der Waals surface area contributed by atoms with Crippen molar-refractivity contribution >= 4 is 5.97 Å². The molecule has 16 heavy (non-hydrogen) atoms. The van der Waals surface area contributed by atoms with Crippen LogP contribution in [0.2, 0.25) is 0 Å². The second kappa shape index (κ2) is 6.21. The van der Waals surface area contributed by atoms with Gasteiger partial charge in [0.2, 0.25) is 0 Å². The van der Waals surface area contributed by atoms with Crippen LogP contribution < -0.4 is 5.73 Å². The first-order valence-electron chi connectivity index (χ1n) is 6.12. The van der Waals surface area contributed by atoms with Crippen LogP contribution >= 0.6 is 0 Å². The van der Waals surface area contributed by atoms with Gasteiger partial charge >= 0.3 is 5.97 Å². The summed E-state index contributed by atoms with van der Waals surface area (Å²) in [5.74, 6) is 0.104. The van der Waals surface area contributed by atoms with Crippen molar-refractivity contribution in [2.75, 3.05) is 27.2 Å². The quantitative estimate of drug-likeness (QED) is 0.725. The van der Waals surface area contributed by atoms with E-state index in [1.54, 1.807) is 0 Å². The predicted octanol–water partition coefficient (Wildman–Crippen LogP) is 0.855. The molecular formula is C12H24N2O2. The molecule has 3 atom stereocenters. The van der Waals surface area contributed by atoms with Gasteiger partial charge in [0.15, 0.2) is 0 Å². The van der Waals surface area contributed by atoms with E-state index in [0.29, 0.717) is 5.92 Å². The summed E-state index contributed by atoms with van der Waals surface area (Å²) in [5.41, 5.74) is 6.21. The van der Waals surface area contributed by atoms with Gasteiger partial charge in [-0.3, -0.25) is 4.79 Å². The molecule has 0 saturated carbocycles. The van der Waals surface area contributed by atoms with Gasteiger partial charge in [0.25, 0.3) is 0 Å². The number of hydrogen-bond donors (Lipinski definition) is 1. The van der Waals surface area contributed by atoms with Gasteiger partial charge in [-0.25, -0.2) is 0 Å². The second-order valence-corrected chi connectivity index (χ2v) is 4.78. The summed E-state index contributed by atoms with van der Waals surface area (Å²) >= 11 is 0. The molecule has 1 rings (SSSR count). The Bertz CT molecular complexity index is 233. The fourth-order valence-electron chi connectivity index (χ4n) is 2.60. The molecule has 0 bridgehead atoms. The molecule has 4 heteroatoms. The van der Waals surface area contributed by atoms with Crippen LogP contribution in [-0.4, -0.2) is 44.2 Å². The highest BCUT2D eigenvalue weighted by Crippen LogP contribution is 2.24. The van der Waals surface area contributed by atoms with Gasteiger partial charge in [0.1, 0.15) is 0 Å². The Hall–Kier alpha value is -0.610. The smallest absolute Gasteiger partial charge is 0.310 e. The van der Waals surface area contributed by atoms with E-state index in [9.17, 15) is 4.79 Å². The van der Waals surface area contributed by atoms with Crippen LogP contribution in [0.3, 0.4) is 0 Å².